The van der Waals surface area contributed by atoms with E-state index in [1.807, 2.05) is 0 Å². The van der Waals surface area contributed by atoms with Crippen LogP contribution in [0.5, 0.6) is 0 Å². The first-order valence-electron chi connectivity index (χ1n) is 7.11. The third-order valence-corrected chi connectivity index (χ3v) is 3.96. The molecule has 1 saturated carbocycles. The van der Waals surface area contributed by atoms with Gasteiger partial charge in [0.15, 0.2) is 0 Å². The molecule has 0 bridgehead atoms. The molecule has 0 aliphatic heterocycles. The van der Waals surface area contributed by atoms with Crippen molar-refractivity contribution in [3.8, 4) is 0 Å². The summed E-state index contributed by atoms with van der Waals surface area (Å²) in [7, 11) is 1.66. The van der Waals surface area contributed by atoms with Crippen LogP contribution in [0.25, 0.3) is 0 Å². The van der Waals surface area contributed by atoms with Gasteiger partial charge in [-0.3, -0.25) is 10.1 Å². The Labute approximate surface area is 123 Å². The average Bonchev–Trinajstić information content (AvgIpc) is 2.47. The number of nitrogens with one attached hydrogen (secondary N) is 2. The van der Waals surface area contributed by atoms with Gasteiger partial charge in [-0.15, -0.1) is 0 Å². The van der Waals surface area contributed by atoms with Crippen molar-refractivity contribution in [1.29, 1.82) is 0 Å². The molecule has 1 heterocycles. The number of aromatic nitrogens is 2. The molecule has 8 heteroatoms. The van der Waals surface area contributed by atoms with Gasteiger partial charge in [0.2, 0.25) is 11.8 Å². The maximum atomic E-state index is 11.3. The fraction of sp³-hybridized carbons (Fsp3) is 0.692. The minimum Gasteiger partial charge on any atom is -0.394 e. The zero-order valence-corrected chi connectivity index (χ0v) is 12.3. The monoisotopic (exact) mass is 295 g/mol. The van der Waals surface area contributed by atoms with E-state index in [1.54, 1.807) is 14.0 Å². The second kappa shape index (κ2) is 6.21. The SMILES string of the molecule is CNc1nc(C)c([N+](=O)[O-])c(NC2(CO)CCCCC2)n1. The van der Waals surface area contributed by atoms with Crippen LogP contribution >= 0.6 is 0 Å². The molecule has 21 heavy (non-hydrogen) atoms. The van der Waals surface area contributed by atoms with Gasteiger partial charge < -0.3 is 15.7 Å². The van der Waals surface area contributed by atoms with E-state index in [-0.39, 0.29) is 18.1 Å². The lowest BCUT2D eigenvalue weighted by atomic mass is 9.82. The summed E-state index contributed by atoms with van der Waals surface area (Å²) >= 11 is 0. The van der Waals surface area contributed by atoms with E-state index in [0.717, 1.165) is 32.1 Å². The standard InChI is InChI=1S/C13H21N5O3/c1-9-10(18(20)21)11(16-12(14-2)15-9)17-13(8-19)6-4-3-5-7-13/h19H,3-8H2,1-2H3,(H2,14,15,16,17). The highest BCUT2D eigenvalue weighted by atomic mass is 16.6. The first-order chi connectivity index (χ1) is 10.0. The molecule has 0 amide bonds. The number of aliphatic hydroxyl groups excluding tert-OH is 1. The number of aryl methyl sites for hydroxylation is 1. The van der Waals surface area contributed by atoms with Crippen molar-refractivity contribution in [3.05, 3.63) is 15.8 Å². The van der Waals surface area contributed by atoms with Crippen LogP contribution in [0.2, 0.25) is 0 Å². The number of anilines is 2. The van der Waals surface area contributed by atoms with Crippen molar-refractivity contribution < 1.29 is 10.0 Å². The molecule has 0 aromatic carbocycles. The summed E-state index contributed by atoms with van der Waals surface area (Å²) in [6.45, 7) is 1.51. The van der Waals surface area contributed by atoms with Crippen molar-refractivity contribution in [2.45, 2.75) is 44.6 Å². The van der Waals surface area contributed by atoms with Gasteiger partial charge >= 0.3 is 5.69 Å². The van der Waals surface area contributed by atoms with Crippen molar-refractivity contribution in [2.24, 2.45) is 0 Å². The maximum Gasteiger partial charge on any atom is 0.332 e. The van der Waals surface area contributed by atoms with Gasteiger partial charge in [0.05, 0.1) is 17.1 Å². The molecule has 0 spiro atoms. The second-order valence-corrected chi connectivity index (χ2v) is 5.46. The van der Waals surface area contributed by atoms with Crippen molar-refractivity contribution in [1.82, 2.24) is 9.97 Å². The molecule has 8 nitrogen and oxygen atoms in total. The van der Waals surface area contributed by atoms with Crippen LogP contribution in [0, 0.1) is 17.0 Å². The van der Waals surface area contributed by atoms with Gasteiger partial charge in [-0.05, 0) is 19.8 Å². The van der Waals surface area contributed by atoms with Crippen LogP contribution < -0.4 is 10.6 Å². The summed E-state index contributed by atoms with van der Waals surface area (Å²) in [5, 5.41) is 26.9. The number of hydrogen-bond acceptors (Lipinski definition) is 7. The van der Waals surface area contributed by atoms with E-state index >= 15 is 0 Å². The summed E-state index contributed by atoms with van der Waals surface area (Å²) in [6, 6.07) is 0. The van der Waals surface area contributed by atoms with Gasteiger partial charge in [0, 0.05) is 7.05 Å². The Morgan fingerprint density at radius 3 is 2.52 bits per heavy atom. The molecule has 1 aliphatic rings. The van der Waals surface area contributed by atoms with Crippen molar-refractivity contribution in [3.63, 3.8) is 0 Å². The molecule has 1 aromatic rings. The van der Waals surface area contributed by atoms with E-state index in [9.17, 15) is 15.2 Å². The Bertz CT molecular complexity index is 529. The van der Waals surface area contributed by atoms with Crippen LogP contribution in [-0.4, -0.2) is 39.2 Å². The smallest absolute Gasteiger partial charge is 0.332 e. The number of hydrogen-bond donors (Lipinski definition) is 3. The van der Waals surface area contributed by atoms with Gasteiger partial charge in [-0.2, -0.15) is 4.98 Å². The molecule has 1 aromatic heterocycles. The quantitative estimate of drug-likeness (QED) is 0.561. The Morgan fingerprint density at radius 1 is 1.33 bits per heavy atom. The Kier molecular flexibility index (Phi) is 4.56. The third kappa shape index (κ3) is 3.21. The summed E-state index contributed by atoms with van der Waals surface area (Å²) < 4.78 is 0. The van der Waals surface area contributed by atoms with Gasteiger partial charge in [0.1, 0.15) is 5.69 Å². The van der Waals surface area contributed by atoms with E-state index in [2.05, 4.69) is 20.6 Å². The molecule has 0 unspecified atom stereocenters. The third-order valence-electron chi connectivity index (χ3n) is 3.96. The van der Waals surface area contributed by atoms with Crippen LogP contribution in [0.4, 0.5) is 17.5 Å². The summed E-state index contributed by atoms with van der Waals surface area (Å²) in [6.07, 6.45) is 4.65. The van der Waals surface area contributed by atoms with Crippen LogP contribution in [0.3, 0.4) is 0 Å². The lowest BCUT2D eigenvalue weighted by molar-refractivity contribution is -0.385. The van der Waals surface area contributed by atoms with Crippen LogP contribution in [0.15, 0.2) is 0 Å². The van der Waals surface area contributed by atoms with E-state index in [0.29, 0.717) is 11.6 Å². The highest BCUT2D eigenvalue weighted by Gasteiger charge is 2.35. The number of aliphatic hydroxyl groups is 1. The summed E-state index contributed by atoms with van der Waals surface area (Å²) in [4.78, 5) is 19.0. The maximum absolute atomic E-state index is 11.3. The zero-order valence-electron chi connectivity index (χ0n) is 12.3. The second-order valence-electron chi connectivity index (χ2n) is 5.46. The number of nitro groups is 1. The molecule has 2 rings (SSSR count). The summed E-state index contributed by atoms with van der Waals surface area (Å²) in [5.41, 5.74) is -0.368. The van der Waals surface area contributed by atoms with Gasteiger partial charge in [0.25, 0.3) is 0 Å². The number of rotatable bonds is 5. The minimum atomic E-state index is -0.533. The molecule has 1 aliphatic carbocycles. The molecular weight excluding hydrogens is 274 g/mol. The van der Waals surface area contributed by atoms with E-state index in [4.69, 9.17) is 0 Å². The lowest BCUT2D eigenvalue weighted by Crippen LogP contribution is -2.44. The molecular formula is C13H21N5O3. The Balaban J connectivity index is 2.41. The van der Waals surface area contributed by atoms with E-state index in [1.165, 1.54) is 0 Å². The molecule has 116 valence electrons. The average molecular weight is 295 g/mol. The van der Waals surface area contributed by atoms with Crippen LogP contribution in [-0.2, 0) is 0 Å². The molecule has 0 atom stereocenters. The predicted octanol–water partition coefficient (Wildman–Crippen LogP) is 1.84. The predicted molar refractivity (Wildman–Crippen MR) is 79.5 cm³/mol. The largest absolute Gasteiger partial charge is 0.394 e. The van der Waals surface area contributed by atoms with Crippen LogP contribution in [0.1, 0.15) is 37.8 Å². The highest BCUT2D eigenvalue weighted by Crippen LogP contribution is 2.35. The Hall–Kier alpha value is -1.96. The first-order valence-corrected chi connectivity index (χ1v) is 7.11. The van der Waals surface area contributed by atoms with Gasteiger partial charge in [-0.25, -0.2) is 4.98 Å². The summed E-state index contributed by atoms with van der Waals surface area (Å²) in [5.74, 6) is 0.497. The van der Waals surface area contributed by atoms with Crippen molar-refractivity contribution in [2.75, 3.05) is 24.3 Å². The lowest BCUT2D eigenvalue weighted by Gasteiger charge is -2.36. The highest BCUT2D eigenvalue weighted by molar-refractivity contribution is 5.62. The van der Waals surface area contributed by atoms with Gasteiger partial charge in [-0.1, -0.05) is 19.3 Å². The first kappa shape index (κ1) is 15.4. The molecule has 0 radical (unpaired) electrons. The normalized spacial score (nSPS) is 17.3. The topological polar surface area (TPSA) is 113 Å². The molecule has 3 N–H and O–H groups in total. The molecule has 1 fully saturated rings. The van der Waals surface area contributed by atoms with Crippen molar-refractivity contribution >= 4 is 17.5 Å². The fourth-order valence-electron chi connectivity index (χ4n) is 2.79. The fourth-order valence-corrected chi connectivity index (χ4v) is 2.79. The molecule has 0 saturated heterocycles. The minimum absolute atomic E-state index is 0.0674. The zero-order chi connectivity index (χ0) is 15.5. The number of nitrogens with zero attached hydrogens (tertiary/aromatic N) is 3. The van der Waals surface area contributed by atoms with E-state index < -0.39 is 10.5 Å². The Morgan fingerprint density at radius 2 is 2.00 bits per heavy atom.